The molecule has 0 aliphatic carbocycles. The van der Waals surface area contributed by atoms with Crippen molar-refractivity contribution in [3.05, 3.63) is 45.6 Å². The minimum absolute atomic E-state index is 0.180. The quantitative estimate of drug-likeness (QED) is 0.659. The second kappa shape index (κ2) is 6.45. The molecule has 0 aliphatic heterocycles. The van der Waals surface area contributed by atoms with E-state index < -0.39 is 0 Å². The van der Waals surface area contributed by atoms with Gasteiger partial charge in [0, 0.05) is 5.69 Å². The summed E-state index contributed by atoms with van der Waals surface area (Å²) in [7, 11) is 0. The average molecular weight is 297 g/mol. The van der Waals surface area contributed by atoms with Crippen molar-refractivity contribution in [1.29, 1.82) is 0 Å². The van der Waals surface area contributed by atoms with Crippen LogP contribution in [0, 0.1) is 0 Å². The molecule has 0 unspecified atom stereocenters. The van der Waals surface area contributed by atoms with Gasteiger partial charge < -0.3 is 15.8 Å². The third-order valence-electron chi connectivity index (χ3n) is 2.36. The Kier molecular flexibility index (Phi) is 4.65. The summed E-state index contributed by atoms with van der Waals surface area (Å²) in [5, 5.41) is 5.00. The van der Waals surface area contributed by atoms with Crippen molar-refractivity contribution in [3.8, 4) is 5.75 Å². The lowest BCUT2D eigenvalue weighted by Crippen LogP contribution is -2.27. The van der Waals surface area contributed by atoms with Gasteiger partial charge in [-0.05, 0) is 35.7 Å². The Balaban J connectivity index is 1.74. The van der Waals surface area contributed by atoms with E-state index in [2.05, 4.69) is 5.32 Å². The van der Waals surface area contributed by atoms with Crippen molar-refractivity contribution in [2.24, 2.45) is 0 Å². The number of benzene rings is 1. The second-order valence-electron chi connectivity index (χ2n) is 3.77. The Morgan fingerprint density at radius 1 is 1.32 bits per heavy atom. The van der Waals surface area contributed by atoms with Crippen LogP contribution in [0.15, 0.2) is 35.7 Å². The molecule has 0 atom stereocenters. The average Bonchev–Trinajstić information content (AvgIpc) is 2.83. The van der Waals surface area contributed by atoms with Crippen molar-refractivity contribution >= 4 is 34.5 Å². The van der Waals surface area contributed by atoms with Gasteiger partial charge in [-0.3, -0.25) is 4.79 Å². The smallest absolute Gasteiger partial charge is 0.263 e. The van der Waals surface area contributed by atoms with Crippen LogP contribution >= 0.6 is 22.9 Å². The topological polar surface area (TPSA) is 64.3 Å². The molecule has 1 aromatic heterocycles. The van der Waals surface area contributed by atoms with Gasteiger partial charge in [0.2, 0.25) is 0 Å². The van der Waals surface area contributed by atoms with Gasteiger partial charge >= 0.3 is 0 Å². The predicted octanol–water partition coefficient (Wildman–Crippen LogP) is 2.79. The summed E-state index contributed by atoms with van der Waals surface area (Å²) >= 11 is 7.18. The Morgan fingerprint density at radius 3 is 2.68 bits per heavy atom. The molecule has 19 heavy (non-hydrogen) atoms. The summed E-state index contributed by atoms with van der Waals surface area (Å²) in [5.41, 5.74) is 6.25. The van der Waals surface area contributed by atoms with Crippen molar-refractivity contribution < 1.29 is 9.53 Å². The zero-order chi connectivity index (χ0) is 13.7. The number of carbonyl (C=O) groups excluding carboxylic acids is 1. The highest BCUT2D eigenvalue weighted by atomic mass is 35.5. The van der Waals surface area contributed by atoms with E-state index in [4.69, 9.17) is 22.1 Å². The van der Waals surface area contributed by atoms with Crippen molar-refractivity contribution in [1.82, 2.24) is 5.32 Å². The molecular formula is C13H13ClN2O2S. The van der Waals surface area contributed by atoms with Gasteiger partial charge in [0.15, 0.2) is 0 Å². The van der Waals surface area contributed by atoms with Crippen LogP contribution in [-0.2, 0) is 0 Å². The number of anilines is 1. The maximum atomic E-state index is 11.7. The monoisotopic (exact) mass is 296 g/mol. The minimum atomic E-state index is -0.180. The number of carbonyl (C=O) groups is 1. The van der Waals surface area contributed by atoms with E-state index in [1.165, 1.54) is 11.3 Å². The van der Waals surface area contributed by atoms with Crippen LogP contribution in [0.5, 0.6) is 5.75 Å². The molecule has 0 spiro atoms. The van der Waals surface area contributed by atoms with E-state index in [1.807, 2.05) is 0 Å². The van der Waals surface area contributed by atoms with E-state index >= 15 is 0 Å². The highest BCUT2D eigenvalue weighted by molar-refractivity contribution is 7.12. The Labute approximate surface area is 120 Å². The number of hydrogen-bond donors (Lipinski definition) is 2. The zero-order valence-corrected chi connectivity index (χ0v) is 11.6. The van der Waals surface area contributed by atoms with Crippen molar-refractivity contribution in [3.63, 3.8) is 0 Å². The first-order valence-corrected chi connectivity index (χ1v) is 6.92. The number of hydrogen-bond acceptors (Lipinski definition) is 4. The lowest BCUT2D eigenvalue weighted by atomic mass is 10.3. The molecule has 0 radical (unpaired) electrons. The minimum Gasteiger partial charge on any atom is -0.492 e. The zero-order valence-electron chi connectivity index (χ0n) is 10.1. The van der Waals surface area contributed by atoms with Crippen LogP contribution in [0.4, 0.5) is 5.69 Å². The number of nitrogens with one attached hydrogen (secondary N) is 1. The maximum Gasteiger partial charge on any atom is 0.263 e. The number of nitrogen functional groups attached to an aromatic ring is 1. The molecular weight excluding hydrogens is 284 g/mol. The van der Waals surface area contributed by atoms with Gasteiger partial charge in [-0.25, -0.2) is 0 Å². The molecule has 0 aliphatic rings. The molecule has 2 aromatic rings. The van der Waals surface area contributed by atoms with Gasteiger partial charge in [0.25, 0.3) is 5.91 Å². The van der Waals surface area contributed by atoms with Crippen LogP contribution in [-0.4, -0.2) is 19.1 Å². The van der Waals surface area contributed by atoms with Crippen LogP contribution in [0.25, 0.3) is 0 Å². The number of rotatable bonds is 5. The van der Waals surface area contributed by atoms with E-state index in [0.717, 1.165) is 5.75 Å². The molecule has 0 saturated heterocycles. The Morgan fingerprint density at radius 2 is 2.05 bits per heavy atom. The largest absolute Gasteiger partial charge is 0.492 e. The van der Waals surface area contributed by atoms with Gasteiger partial charge in [0.1, 0.15) is 17.2 Å². The van der Waals surface area contributed by atoms with Crippen LogP contribution < -0.4 is 15.8 Å². The molecule has 6 heteroatoms. The predicted molar refractivity (Wildman–Crippen MR) is 78.0 cm³/mol. The summed E-state index contributed by atoms with van der Waals surface area (Å²) in [6, 6.07) is 8.80. The SMILES string of the molecule is Nc1ccc(OCCNC(=O)c2sccc2Cl)cc1. The normalized spacial score (nSPS) is 10.2. The number of ether oxygens (including phenoxy) is 1. The lowest BCUT2D eigenvalue weighted by molar-refractivity contribution is 0.0951. The van der Waals surface area contributed by atoms with Gasteiger partial charge in [-0.1, -0.05) is 11.6 Å². The number of thiophene rings is 1. The third kappa shape index (κ3) is 3.87. The fourth-order valence-corrected chi connectivity index (χ4v) is 2.49. The van der Waals surface area contributed by atoms with E-state index in [0.29, 0.717) is 28.7 Å². The first-order chi connectivity index (χ1) is 9.16. The molecule has 1 amide bonds. The standard InChI is InChI=1S/C13H13ClN2O2S/c14-11-5-8-19-12(11)13(17)16-6-7-18-10-3-1-9(15)2-4-10/h1-5,8H,6-7,15H2,(H,16,17). The highest BCUT2D eigenvalue weighted by Gasteiger charge is 2.10. The fraction of sp³-hybridized carbons (Fsp3) is 0.154. The fourth-order valence-electron chi connectivity index (χ4n) is 1.43. The highest BCUT2D eigenvalue weighted by Crippen LogP contribution is 2.21. The van der Waals surface area contributed by atoms with Crippen LogP contribution in [0.3, 0.4) is 0 Å². The Bertz CT molecular complexity index is 554. The third-order valence-corrected chi connectivity index (χ3v) is 3.70. The van der Waals surface area contributed by atoms with Crippen LogP contribution in [0.2, 0.25) is 5.02 Å². The van der Waals surface area contributed by atoms with E-state index in [9.17, 15) is 4.79 Å². The van der Waals surface area contributed by atoms with Crippen LogP contribution in [0.1, 0.15) is 9.67 Å². The first-order valence-electron chi connectivity index (χ1n) is 5.66. The molecule has 1 heterocycles. The molecule has 100 valence electrons. The second-order valence-corrected chi connectivity index (χ2v) is 5.09. The van der Waals surface area contributed by atoms with Gasteiger partial charge in [-0.15, -0.1) is 11.3 Å². The number of halogens is 1. The summed E-state index contributed by atoms with van der Waals surface area (Å²) in [6.45, 7) is 0.802. The molecule has 2 rings (SSSR count). The van der Waals surface area contributed by atoms with Gasteiger partial charge in [0.05, 0.1) is 11.6 Å². The molecule has 4 nitrogen and oxygen atoms in total. The summed E-state index contributed by atoms with van der Waals surface area (Å²) in [5.74, 6) is 0.540. The number of amides is 1. The summed E-state index contributed by atoms with van der Waals surface area (Å²) in [6.07, 6.45) is 0. The molecule has 0 fully saturated rings. The van der Waals surface area contributed by atoms with Crippen molar-refractivity contribution in [2.45, 2.75) is 0 Å². The first kappa shape index (κ1) is 13.7. The van der Waals surface area contributed by atoms with Gasteiger partial charge in [-0.2, -0.15) is 0 Å². The summed E-state index contributed by atoms with van der Waals surface area (Å²) in [4.78, 5) is 12.2. The lowest BCUT2D eigenvalue weighted by Gasteiger charge is -2.07. The Hall–Kier alpha value is -1.72. The van der Waals surface area contributed by atoms with E-state index in [1.54, 1.807) is 35.7 Å². The van der Waals surface area contributed by atoms with E-state index in [-0.39, 0.29) is 5.91 Å². The molecule has 1 aromatic carbocycles. The molecule has 0 bridgehead atoms. The maximum absolute atomic E-state index is 11.7. The summed E-state index contributed by atoms with van der Waals surface area (Å²) < 4.78 is 5.46. The molecule has 0 saturated carbocycles. The molecule has 3 N–H and O–H groups in total. The van der Waals surface area contributed by atoms with Crippen molar-refractivity contribution in [2.75, 3.05) is 18.9 Å². The number of nitrogens with two attached hydrogens (primary N) is 1.